The minimum atomic E-state index is -0.362. The molecule has 0 saturated carbocycles. The van der Waals surface area contributed by atoms with E-state index in [1.165, 1.54) is 11.3 Å². The van der Waals surface area contributed by atoms with E-state index in [2.05, 4.69) is 55.1 Å². The van der Waals surface area contributed by atoms with Crippen molar-refractivity contribution in [3.63, 3.8) is 0 Å². The number of nitrogens with zero attached hydrogens (tertiary/aromatic N) is 1. The summed E-state index contributed by atoms with van der Waals surface area (Å²) in [6.45, 7) is 7.15. The zero-order valence-corrected chi connectivity index (χ0v) is 12.5. The van der Waals surface area contributed by atoms with Gasteiger partial charge in [-0.2, -0.15) is 0 Å². The van der Waals surface area contributed by atoms with Gasteiger partial charge in [0.05, 0.1) is 6.10 Å². The number of anilines is 2. The molecule has 2 rings (SSSR count). The van der Waals surface area contributed by atoms with Gasteiger partial charge in [-0.3, -0.25) is 0 Å². The molecule has 2 nitrogen and oxygen atoms in total. The average molecular weight is 269 g/mol. The maximum Gasteiger partial charge on any atom is 0.0787 e. The van der Waals surface area contributed by atoms with Crippen molar-refractivity contribution in [2.75, 3.05) is 11.4 Å². The van der Waals surface area contributed by atoms with Crippen LogP contribution < -0.4 is 4.90 Å². The zero-order chi connectivity index (χ0) is 14.5. The number of aliphatic hydroxyl groups is 1. The molecule has 2 aromatic rings. The van der Waals surface area contributed by atoms with E-state index in [9.17, 15) is 5.11 Å². The van der Waals surface area contributed by atoms with Gasteiger partial charge in [-0.25, -0.2) is 0 Å². The predicted molar refractivity (Wildman–Crippen MR) is 85.6 cm³/mol. The molecule has 1 atom stereocenters. The molecule has 0 amide bonds. The van der Waals surface area contributed by atoms with Crippen LogP contribution in [0.25, 0.3) is 0 Å². The SMILES string of the molecule is CCC(O)c1ccc(N(CC)c2ccc(C)cc2)cc1. The lowest BCUT2D eigenvalue weighted by Crippen LogP contribution is -2.15. The molecular formula is C18H23NO. The summed E-state index contributed by atoms with van der Waals surface area (Å²) in [6.07, 6.45) is 0.382. The lowest BCUT2D eigenvalue weighted by molar-refractivity contribution is 0.173. The molecule has 0 fully saturated rings. The minimum absolute atomic E-state index is 0.362. The van der Waals surface area contributed by atoms with Crippen LogP contribution in [0.1, 0.15) is 37.5 Å². The molecule has 0 bridgehead atoms. The maximum absolute atomic E-state index is 9.85. The van der Waals surface area contributed by atoms with Crippen molar-refractivity contribution in [2.24, 2.45) is 0 Å². The molecule has 0 saturated heterocycles. The van der Waals surface area contributed by atoms with Crippen LogP contribution in [-0.2, 0) is 0 Å². The van der Waals surface area contributed by atoms with Gasteiger partial charge >= 0.3 is 0 Å². The smallest absolute Gasteiger partial charge is 0.0787 e. The second-order valence-electron chi connectivity index (χ2n) is 5.10. The number of aliphatic hydroxyl groups excluding tert-OH is 1. The van der Waals surface area contributed by atoms with Gasteiger partial charge in [-0.15, -0.1) is 0 Å². The van der Waals surface area contributed by atoms with Gasteiger partial charge in [0.1, 0.15) is 0 Å². The van der Waals surface area contributed by atoms with Gasteiger partial charge in [0.15, 0.2) is 0 Å². The normalized spacial score (nSPS) is 12.2. The van der Waals surface area contributed by atoms with Crippen LogP contribution in [0, 0.1) is 6.92 Å². The topological polar surface area (TPSA) is 23.5 Å². The first kappa shape index (κ1) is 14.6. The summed E-state index contributed by atoms with van der Waals surface area (Å²) in [4.78, 5) is 2.27. The van der Waals surface area contributed by atoms with E-state index < -0.39 is 0 Å². The molecule has 2 heteroatoms. The Hall–Kier alpha value is -1.80. The Kier molecular flexibility index (Phi) is 4.80. The van der Waals surface area contributed by atoms with Crippen molar-refractivity contribution in [2.45, 2.75) is 33.3 Å². The summed E-state index contributed by atoms with van der Waals surface area (Å²) in [7, 11) is 0. The lowest BCUT2D eigenvalue weighted by atomic mass is 10.1. The molecule has 0 aliphatic heterocycles. The van der Waals surface area contributed by atoms with Crippen molar-refractivity contribution in [3.05, 3.63) is 59.7 Å². The van der Waals surface area contributed by atoms with Crippen molar-refractivity contribution in [3.8, 4) is 0 Å². The highest BCUT2D eigenvalue weighted by molar-refractivity contribution is 5.63. The van der Waals surface area contributed by atoms with Crippen LogP contribution in [-0.4, -0.2) is 11.7 Å². The molecule has 0 radical (unpaired) electrons. The number of hydrogen-bond acceptors (Lipinski definition) is 2. The summed E-state index contributed by atoms with van der Waals surface area (Å²) < 4.78 is 0. The third-order valence-corrected chi connectivity index (χ3v) is 3.64. The van der Waals surface area contributed by atoms with Crippen LogP contribution in [0.4, 0.5) is 11.4 Å². The molecule has 106 valence electrons. The highest BCUT2D eigenvalue weighted by atomic mass is 16.3. The van der Waals surface area contributed by atoms with E-state index in [1.54, 1.807) is 0 Å². The number of benzene rings is 2. The Morgan fingerprint density at radius 1 is 0.900 bits per heavy atom. The Balaban J connectivity index is 2.25. The molecule has 0 aliphatic rings. The fourth-order valence-corrected chi connectivity index (χ4v) is 2.35. The van der Waals surface area contributed by atoms with Gasteiger partial charge in [-0.05, 0) is 50.1 Å². The number of aryl methyl sites for hydroxylation is 1. The molecule has 20 heavy (non-hydrogen) atoms. The molecule has 1 N–H and O–H groups in total. The summed E-state index contributed by atoms with van der Waals surface area (Å²) in [6, 6.07) is 16.7. The van der Waals surface area contributed by atoms with Crippen molar-refractivity contribution >= 4 is 11.4 Å². The first-order chi connectivity index (χ1) is 9.65. The van der Waals surface area contributed by atoms with Gasteiger partial charge in [0.2, 0.25) is 0 Å². The molecule has 2 aromatic carbocycles. The van der Waals surface area contributed by atoms with E-state index in [0.717, 1.165) is 24.2 Å². The maximum atomic E-state index is 9.85. The van der Waals surface area contributed by atoms with Crippen LogP contribution >= 0.6 is 0 Å². The lowest BCUT2D eigenvalue weighted by Gasteiger charge is -2.24. The van der Waals surface area contributed by atoms with Gasteiger partial charge in [0.25, 0.3) is 0 Å². The highest BCUT2D eigenvalue weighted by Crippen LogP contribution is 2.27. The van der Waals surface area contributed by atoms with Gasteiger partial charge < -0.3 is 10.0 Å². The molecular weight excluding hydrogens is 246 g/mol. The largest absolute Gasteiger partial charge is 0.388 e. The van der Waals surface area contributed by atoms with E-state index in [0.29, 0.717) is 0 Å². The Morgan fingerprint density at radius 3 is 1.85 bits per heavy atom. The standard InChI is InChI=1S/C18H23NO/c1-4-18(20)15-8-12-17(13-9-15)19(5-2)16-10-6-14(3)7-11-16/h6-13,18,20H,4-5H2,1-3H3. The monoisotopic (exact) mass is 269 g/mol. The Labute approximate surface area is 121 Å². The van der Waals surface area contributed by atoms with Crippen LogP contribution in [0.2, 0.25) is 0 Å². The predicted octanol–water partition coefficient (Wildman–Crippen LogP) is 4.60. The first-order valence-electron chi connectivity index (χ1n) is 7.28. The average Bonchev–Trinajstić information content (AvgIpc) is 2.50. The summed E-state index contributed by atoms with van der Waals surface area (Å²) in [5, 5.41) is 9.85. The molecule has 0 aromatic heterocycles. The van der Waals surface area contributed by atoms with E-state index in [-0.39, 0.29) is 6.10 Å². The summed E-state index contributed by atoms with van der Waals surface area (Å²) in [5.41, 5.74) is 4.60. The van der Waals surface area contributed by atoms with Crippen molar-refractivity contribution in [1.82, 2.24) is 0 Å². The summed E-state index contributed by atoms with van der Waals surface area (Å²) in [5.74, 6) is 0. The molecule has 1 unspecified atom stereocenters. The zero-order valence-electron chi connectivity index (χ0n) is 12.5. The fraction of sp³-hybridized carbons (Fsp3) is 0.333. The van der Waals surface area contributed by atoms with Gasteiger partial charge in [0, 0.05) is 17.9 Å². The second kappa shape index (κ2) is 6.58. The van der Waals surface area contributed by atoms with Crippen LogP contribution in [0.3, 0.4) is 0 Å². The second-order valence-corrected chi connectivity index (χ2v) is 5.10. The first-order valence-corrected chi connectivity index (χ1v) is 7.28. The van der Waals surface area contributed by atoms with E-state index >= 15 is 0 Å². The number of hydrogen-bond donors (Lipinski definition) is 1. The highest BCUT2D eigenvalue weighted by Gasteiger charge is 2.09. The minimum Gasteiger partial charge on any atom is -0.388 e. The van der Waals surface area contributed by atoms with Crippen molar-refractivity contribution in [1.29, 1.82) is 0 Å². The molecule has 0 aliphatic carbocycles. The molecule has 0 heterocycles. The fourth-order valence-electron chi connectivity index (χ4n) is 2.35. The summed E-state index contributed by atoms with van der Waals surface area (Å²) >= 11 is 0. The quantitative estimate of drug-likeness (QED) is 0.857. The number of rotatable bonds is 5. The molecule has 0 spiro atoms. The Morgan fingerprint density at radius 2 is 1.40 bits per heavy atom. The van der Waals surface area contributed by atoms with Crippen LogP contribution in [0.5, 0.6) is 0 Å². The van der Waals surface area contributed by atoms with Gasteiger partial charge in [-0.1, -0.05) is 36.8 Å². The Bertz CT molecular complexity index is 530. The van der Waals surface area contributed by atoms with Crippen molar-refractivity contribution < 1.29 is 5.11 Å². The van der Waals surface area contributed by atoms with Crippen LogP contribution in [0.15, 0.2) is 48.5 Å². The third-order valence-electron chi connectivity index (χ3n) is 3.64. The van der Waals surface area contributed by atoms with E-state index in [1.807, 2.05) is 19.1 Å². The third kappa shape index (κ3) is 3.20. The van der Waals surface area contributed by atoms with E-state index in [4.69, 9.17) is 0 Å².